The van der Waals surface area contributed by atoms with E-state index in [2.05, 4.69) is 5.32 Å². The van der Waals surface area contributed by atoms with Gasteiger partial charge in [0.15, 0.2) is 0 Å². The summed E-state index contributed by atoms with van der Waals surface area (Å²) in [5.74, 6) is -1.28. The Bertz CT molecular complexity index is 594. The zero-order chi connectivity index (χ0) is 13.6. The number of aliphatic carboxylic acids is 1. The summed E-state index contributed by atoms with van der Waals surface area (Å²) in [6.07, 6.45) is 4.75. The molecule has 4 N–H and O–H groups in total. The van der Waals surface area contributed by atoms with E-state index < -0.39 is 17.9 Å². The number of carbonyl (C=O) groups excluding carboxylic acids is 1. The van der Waals surface area contributed by atoms with E-state index in [-0.39, 0.29) is 11.8 Å². The lowest BCUT2D eigenvalue weighted by Gasteiger charge is -2.34. The maximum absolute atomic E-state index is 11.3. The van der Waals surface area contributed by atoms with Gasteiger partial charge in [0.25, 0.3) is 0 Å². The van der Waals surface area contributed by atoms with Crippen LogP contribution in [0.1, 0.15) is 28.3 Å². The Morgan fingerprint density at radius 1 is 1.37 bits per heavy atom. The van der Waals surface area contributed by atoms with Crippen molar-refractivity contribution in [2.24, 2.45) is 11.7 Å². The minimum absolute atomic E-state index is 0.00636. The average Bonchev–Trinajstić information content (AvgIpc) is 2.86. The largest absolute Gasteiger partial charge is 0.480 e. The lowest BCUT2D eigenvalue weighted by Crippen LogP contribution is -2.41. The first-order valence-corrected chi connectivity index (χ1v) is 6.17. The lowest BCUT2D eigenvalue weighted by molar-refractivity contribution is -0.139. The second kappa shape index (κ2) is 4.12. The van der Waals surface area contributed by atoms with Gasteiger partial charge in [-0.1, -0.05) is 12.2 Å². The van der Waals surface area contributed by atoms with Crippen molar-refractivity contribution in [2.75, 3.05) is 5.32 Å². The predicted molar refractivity (Wildman–Crippen MR) is 70.0 cm³/mol. The third-order valence-electron chi connectivity index (χ3n) is 3.91. The highest BCUT2D eigenvalue weighted by atomic mass is 16.4. The SMILES string of the molecule is NC(=O)c1ccc2c(c1)C1C=CCC1C(C(=O)O)N2. The molecular formula is C14H14N2O3. The minimum atomic E-state index is -0.844. The van der Waals surface area contributed by atoms with Crippen LogP contribution in [0.3, 0.4) is 0 Å². The van der Waals surface area contributed by atoms with Gasteiger partial charge in [-0.2, -0.15) is 0 Å². The minimum Gasteiger partial charge on any atom is -0.480 e. The van der Waals surface area contributed by atoms with Crippen molar-refractivity contribution in [3.63, 3.8) is 0 Å². The third kappa shape index (κ3) is 1.78. The second-order valence-corrected chi connectivity index (χ2v) is 4.98. The summed E-state index contributed by atoms with van der Waals surface area (Å²) in [5.41, 5.74) is 7.46. The molecule has 0 saturated heterocycles. The molecule has 0 spiro atoms. The number of carbonyl (C=O) groups is 2. The average molecular weight is 258 g/mol. The molecule has 2 aliphatic rings. The quantitative estimate of drug-likeness (QED) is 0.698. The highest BCUT2D eigenvalue weighted by molar-refractivity contribution is 5.94. The number of benzene rings is 1. The van der Waals surface area contributed by atoms with E-state index in [1.54, 1.807) is 18.2 Å². The van der Waals surface area contributed by atoms with Crippen molar-refractivity contribution in [3.05, 3.63) is 41.5 Å². The molecule has 1 amide bonds. The maximum atomic E-state index is 11.3. The van der Waals surface area contributed by atoms with Gasteiger partial charge in [-0.25, -0.2) is 4.79 Å². The Labute approximate surface area is 110 Å². The van der Waals surface area contributed by atoms with Crippen LogP contribution in [0.4, 0.5) is 5.69 Å². The molecule has 19 heavy (non-hydrogen) atoms. The molecule has 0 bridgehead atoms. The smallest absolute Gasteiger partial charge is 0.326 e. The summed E-state index contributed by atoms with van der Waals surface area (Å²) in [5, 5.41) is 12.3. The number of nitrogens with two attached hydrogens (primary N) is 1. The number of nitrogens with one attached hydrogen (secondary N) is 1. The van der Waals surface area contributed by atoms with Crippen LogP contribution in [-0.4, -0.2) is 23.0 Å². The number of amides is 1. The van der Waals surface area contributed by atoms with Gasteiger partial charge in [0.1, 0.15) is 6.04 Å². The number of anilines is 1. The maximum Gasteiger partial charge on any atom is 0.326 e. The number of carboxylic acid groups (broad SMARTS) is 1. The van der Waals surface area contributed by atoms with Gasteiger partial charge in [-0.05, 0) is 30.2 Å². The first-order chi connectivity index (χ1) is 9.08. The van der Waals surface area contributed by atoms with Gasteiger partial charge in [-0.3, -0.25) is 4.79 Å². The molecule has 0 radical (unpaired) electrons. The number of primary amides is 1. The fourth-order valence-electron chi connectivity index (χ4n) is 2.99. The summed E-state index contributed by atoms with van der Waals surface area (Å²) >= 11 is 0. The van der Waals surface area contributed by atoms with Crippen LogP contribution >= 0.6 is 0 Å². The van der Waals surface area contributed by atoms with E-state index in [0.29, 0.717) is 5.56 Å². The highest BCUT2D eigenvalue weighted by Gasteiger charge is 2.40. The summed E-state index contributed by atoms with van der Waals surface area (Å²) < 4.78 is 0. The highest BCUT2D eigenvalue weighted by Crippen LogP contribution is 2.44. The second-order valence-electron chi connectivity index (χ2n) is 4.98. The van der Waals surface area contributed by atoms with E-state index in [1.165, 1.54) is 0 Å². The summed E-state index contributed by atoms with van der Waals surface area (Å²) in [7, 11) is 0. The van der Waals surface area contributed by atoms with Crippen molar-refractivity contribution in [2.45, 2.75) is 18.4 Å². The molecule has 98 valence electrons. The van der Waals surface area contributed by atoms with Crippen LogP contribution in [0.25, 0.3) is 0 Å². The van der Waals surface area contributed by atoms with Crippen LogP contribution in [0.5, 0.6) is 0 Å². The Morgan fingerprint density at radius 3 is 2.84 bits per heavy atom. The van der Waals surface area contributed by atoms with Crippen molar-refractivity contribution in [1.82, 2.24) is 0 Å². The number of fused-ring (bicyclic) bond motifs is 3. The molecule has 1 heterocycles. The normalized spacial score (nSPS) is 27.3. The molecule has 3 unspecified atom stereocenters. The van der Waals surface area contributed by atoms with Crippen LogP contribution < -0.4 is 11.1 Å². The van der Waals surface area contributed by atoms with Crippen LogP contribution in [0.15, 0.2) is 30.4 Å². The van der Waals surface area contributed by atoms with E-state index >= 15 is 0 Å². The summed E-state index contributed by atoms with van der Waals surface area (Å²) in [4.78, 5) is 22.6. The molecule has 3 rings (SSSR count). The molecular weight excluding hydrogens is 244 g/mol. The first kappa shape index (κ1) is 11.8. The fraction of sp³-hybridized carbons (Fsp3) is 0.286. The van der Waals surface area contributed by atoms with Gasteiger partial charge in [-0.15, -0.1) is 0 Å². The molecule has 0 aromatic heterocycles. The molecule has 5 heteroatoms. The lowest BCUT2D eigenvalue weighted by atomic mass is 9.79. The number of hydrogen-bond donors (Lipinski definition) is 3. The van der Waals surface area contributed by atoms with Crippen LogP contribution in [0, 0.1) is 5.92 Å². The number of allylic oxidation sites excluding steroid dienone is 2. The molecule has 0 fully saturated rings. The number of rotatable bonds is 2. The first-order valence-electron chi connectivity index (χ1n) is 6.17. The standard InChI is InChI=1S/C14H14N2O3/c15-13(17)7-4-5-11-10(6-7)8-2-1-3-9(8)12(16-11)14(18)19/h1-2,4-6,8-9,12,16H,3H2,(H2,15,17)(H,18,19). The van der Waals surface area contributed by atoms with Crippen LogP contribution in [0.2, 0.25) is 0 Å². The molecule has 1 aliphatic carbocycles. The van der Waals surface area contributed by atoms with Crippen molar-refractivity contribution < 1.29 is 14.7 Å². The zero-order valence-electron chi connectivity index (χ0n) is 10.2. The molecule has 1 aliphatic heterocycles. The number of carboxylic acids is 1. The number of hydrogen-bond acceptors (Lipinski definition) is 3. The molecule has 3 atom stereocenters. The third-order valence-corrected chi connectivity index (χ3v) is 3.91. The Kier molecular flexibility index (Phi) is 2.55. The molecule has 1 aromatic carbocycles. The van der Waals surface area contributed by atoms with Gasteiger partial charge in [0.2, 0.25) is 5.91 Å². The van der Waals surface area contributed by atoms with Gasteiger partial charge >= 0.3 is 5.97 Å². The van der Waals surface area contributed by atoms with Crippen LogP contribution in [-0.2, 0) is 4.79 Å². The summed E-state index contributed by atoms with van der Waals surface area (Å²) in [6.45, 7) is 0. The summed E-state index contributed by atoms with van der Waals surface area (Å²) in [6, 6.07) is 4.52. The Morgan fingerprint density at radius 2 is 2.16 bits per heavy atom. The zero-order valence-corrected chi connectivity index (χ0v) is 10.2. The van der Waals surface area contributed by atoms with Gasteiger partial charge in [0.05, 0.1) is 0 Å². The Balaban J connectivity index is 2.08. The molecule has 1 aromatic rings. The van der Waals surface area contributed by atoms with E-state index in [0.717, 1.165) is 17.7 Å². The van der Waals surface area contributed by atoms with Crippen molar-refractivity contribution in [3.8, 4) is 0 Å². The van der Waals surface area contributed by atoms with Crippen molar-refractivity contribution in [1.29, 1.82) is 0 Å². The van der Waals surface area contributed by atoms with E-state index in [1.807, 2.05) is 12.2 Å². The fourth-order valence-corrected chi connectivity index (χ4v) is 2.99. The van der Waals surface area contributed by atoms with Gasteiger partial charge < -0.3 is 16.2 Å². The van der Waals surface area contributed by atoms with E-state index in [9.17, 15) is 14.7 Å². The van der Waals surface area contributed by atoms with Gasteiger partial charge in [0, 0.05) is 23.1 Å². The van der Waals surface area contributed by atoms with E-state index in [4.69, 9.17) is 5.73 Å². The topological polar surface area (TPSA) is 92.4 Å². The molecule has 0 saturated carbocycles. The Hall–Kier alpha value is -2.30. The van der Waals surface area contributed by atoms with Crippen molar-refractivity contribution >= 4 is 17.6 Å². The molecule has 5 nitrogen and oxygen atoms in total. The predicted octanol–water partition coefficient (Wildman–Crippen LogP) is 1.32. The monoisotopic (exact) mass is 258 g/mol.